The van der Waals surface area contributed by atoms with E-state index in [2.05, 4.69) is 35.3 Å². The van der Waals surface area contributed by atoms with Gasteiger partial charge in [0.05, 0.1) is 0 Å². The summed E-state index contributed by atoms with van der Waals surface area (Å²) in [6.07, 6.45) is 0. The standard InChI is InChI=1S/C21H25N3O2/c1-16-6-8-18(9-7-16)15-22-20(25)21(26)24-12-10-23(11-13-24)19-5-3-4-17(2)14-19/h3-9,14H,10-13,15H2,1-2H3,(H,22,25). The van der Waals surface area contributed by atoms with Gasteiger partial charge in [0, 0.05) is 38.4 Å². The Hall–Kier alpha value is -2.82. The Kier molecular flexibility index (Phi) is 5.56. The Bertz CT molecular complexity index is 778. The molecule has 1 aliphatic heterocycles. The molecule has 1 fully saturated rings. The first-order chi connectivity index (χ1) is 12.5. The summed E-state index contributed by atoms with van der Waals surface area (Å²) in [6, 6.07) is 16.2. The number of hydrogen-bond acceptors (Lipinski definition) is 3. The van der Waals surface area contributed by atoms with E-state index in [4.69, 9.17) is 0 Å². The normalized spacial score (nSPS) is 14.2. The fourth-order valence-corrected chi connectivity index (χ4v) is 3.10. The van der Waals surface area contributed by atoms with Crippen molar-refractivity contribution in [3.05, 3.63) is 65.2 Å². The lowest BCUT2D eigenvalue weighted by Gasteiger charge is -2.35. The second-order valence-corrected chi connectivity index (χ2v) is 6.79. The van der Waals surface area contributed by atoms with E-state index in [1.165, 1.54) is 16.8 Å². The molecule has 0 spiro atoms. The zero-order valence-corrected chi connectivity index (χ0v) is 15.4. The Morgan fingerprint density at radius 3 is 2.27 bits per heavy atom. The van der Waals surface area contributed by atoms with Crippen molar-refractivity contribution in [2.24, 2.45) is 0 Å². The Labute approximate surface area is 154 Å². The Morgan fingerprint density at radius 1 is 0.923 bits per heavy atom. The number of hydrogen-bond donors (Lipinski definition) is 1. The number of nitrogens with one attached hydrogen (secondary N) is 1. The average Bonchev–Trinajstić information content (AvgIpc) is 2.67. The first-order valence-electron chi connectivity index (χ1n) is 8.97. The van der Waals surface area contributed by atoms with E-state index in [0.717, 1.165) is 18.7 Å². The highest BCUT2D eigenvalue weighted by molar-refractivity contribution is 6.35. The molecule has 26 heavy (non-hydrogen) atoms. The molecule has 1 aliphatic rings. The number of carbonyl (C=O) groups excluding carboxylic acids is 2. The van der Waals surface area contributed by atoms with Crippen molar-refractivity contribution in [2.75, 3.05) is 31.1 Å². The summed E-state index contributed by atoms with van der Waals surface area (Å²) in [7, 11) is 0. The summed E-state index contributed by atoms with van der Waals surface area (Å²) in [6.45, 7) is 7.05. The van der Waals surface area contributed by atoms with Gasteiger partial charge in [-0.15, -0.1) is 0 Å². The summed E-state index contributed by atoms with van der Waals surface area (Å²) in [5.74, 6) is -0.976. The third-order valence-corrected chi connectivity index (χ3v) is 4.70. The summed E-state index contributed by atoms with van der Waals surface area (Å²) in [5, 5.41) is 2.72. The maximum atomic E-state index is 12.4. The lowest BCUT2D eigenvalue weighted by atomic mass is 10.1. The molecule has 136 valence electrons. The fourth-order valence-electron chi connectivity index (χ4n) is 3.10. The van der Waals surface area contributed by atoms with Crippen LogP contribution in [-0.4, -0.2) is 42.9 Å². The van der Waals surface area contributed by atoms with Gasteiger partial charge in [0.2, 0.25) is 0 Å². The number of amides is 2. The van der Waals surface area contributed by atoms with Crippen molar-refractivity contribution >= 4 is 17.5 Å². The van der Waals surface area contributed by atoms with E-state index in [1.807, 2.05) is 37.3 Å². The molecule has 1 saturated heterocycles. The quantitative estimate of drug-likeness (QED) is 0.863. The van der Waals surface area contributed by atoms with Crippen molar-refractivity contribution in [3.63, 3.8) is 0 Å². The minimum absolute atomic E-state index is 0.369. The van der Waals surface area contributed by atoms with E-state index >= 15 is 0 Å². The van der Waals surface area contributed by atoms with E-state index in [1.54, 1.807) is 4.90 Å². The predicted octanol–water partition coefficient (Wildman–Crippen LogP) is 2.27. The minimum Gasteiger partial charge on any atom is -0.368 e. The van der Waals surface area contributed by atoms with Gasteiger partial charge in [-0.25, -0.2) is 0 Å². The number of anilines is 1. The van der Waals surface area contributed by atoms with Gasteiger partial charge in [0.1, 0.15) is 0 Å². The van der Waals surface area contributed by atoms with Crippen molar-refractivity contribution in [3.8, 4) is 0 Å². The smallest absolute Gasteiger partial charge is 0.312 e. The van der Waals surface area contributed by atoms with Crippen molar-refractivity contribution < 1.29 is 9.59 Å². The third kappa shape index (κ3) is 4.42. The fraction of sp³-hybridized carbons (Fsp3) is 0.333. The molecule has 0 bridgehead atoms. The monoisotopic (exact) mass is 351 g/mol. The average molecular weight is 351 g/mol. The van der Waals surface area contributed by atoms with E-state index < -0.39 is 11.8 Å². The molecule has 0 saturated carbocycles. The molecule has 0 radical (unpaired) electrons. The van der Waals surface area contributed by atoms with Crippen LogP contribution in [0.2, 0.25) is 0 Å². The number of nitrogens with zero attached hydrogens (tertiary/aromatic N) is 2. The minimum atomic E-state index is -0.533. The highest BCUT2D eigenvalue weighted by atomic mass is 16.2. The molecule has 0 aromatic heterocycles. The predicted molar refractivity (Wildman–Crippen MR) is 103 cm³/mol. The maximum absolute atomic E-state index is 12.4. The number of benzene rings is 2. The van der Waals surface area contributed by atoms with Crippen LogP contribution in [0, 0.1) is 13.8 Å². The van der Waals surface area contributed by atoms with Gasteiger partial charge in [-0.3, -0.25) is 9.59 Å². The summed E-state index contributed by atoms with van der Waals surface area (Å²) in [5.41, 5.74) is 4.54. The van der Waals surface area contributed by atoms with Crippen LogP contribution in [0.5, 0.6) is 0 Å². The van der Waals surface area contributed by atoms with Gasteiger partial charge in [0.25, 0.3) is 0 Å². The summed E-state index contributed by atoms with van der Waals surface area (Å²) in [4.78, 5) is 28.4. The molecular weight excluding hydrogens is 326 g/mol. The molecule has 0 unspecified atom stereocenters. The lowest BCUT2D eigenvalue weighted by Crippen LogP contribution is -2.52. The van der Waals surface area contributed by atoms with Gasteiger partial charge in [-0.2, -0.15) is 0 Å². The second-order valence-electron chi connectivity index (χ2n) is 6.79. The SMILES string of the molecule is Cc1ccc(CNC(=O)C(=O)N2CCN(c3cccc(C)c3)CC2)cc1. The molecule has 0 aliphatic carbocycles. The Balaban J connectivity index is 1.49. The van der Waals surface area contributed by atoms with Crippen molar-refractivity contribution in [1.29, 1.82) is 0 Å². The number of piperazine rings is 1. The third-order valence-electron chi connectivity index (χ3n) is 4.70. The second kappa shape index (κ2) is 8.04. The van der Waals surface area contributed by atoms with Gasteiger partial charge in [-0.05, 0) is 37.1 Å². The van der Waals surface area contributed by atoms with Crippen LogP contribution in [0.1, 0.15) is 16.7 Å². The molecule has 5 heteroatoms. The van der Waals surface area contributed by atoms with Crippen LogP contribution in [0.25, 0.3) is 0 Å². The van der Waals surface area contributed by atoms with Gasteiger partial charge < -0.3 is 15.1 Å². The van der Waals surface area contributed by atoms with Crippen LogP contribution in [0.3, 0.4) is 0 Å². The maximum Gasteiger partial charge on any atom is 0.312 e. The van der Waals surface area contributed by atoms with Gasteiger partial charge in [-0.1, -0.05) is 42.0 Å². The first-order valence-corrected chi connectivity index (χ1v) is 8.97. The molecule has 2 amide bonds. The van der Waals surface area contributed by atoms with Crippen molar-refractivity contribution in [1.82, 2.24) is 10.2 Å². The van der Waals surface area contributed by atoms with E-state index in [9.17, 15) is 9.59 Å². The van der Waals surface area contributed by atoms with Crippen LogP contribution in [0.4, 0.5) is 5.69 Å². The summed E-state index contributed by atoms with van der Waals surface area (Å²) < 4.78 is 0. The number of aryl methyl sites for hydroxylation is 2. The largest absolute Gasteiger partial charge is 0.368 e. The Morgan fingerprint density at radius 2 is 1.62 bits per heavy atom. The number of carbonyl (C=O) groups is 2. The molecule has 1 heterocycles. The zero-order valence-electron chi connectivity index (χ0n) is 15.4. The van der Waals surface area contributed by atoms with Gasteiger partial charge in [0.15, 0.2) is 0 Å². The zero-order chi connectivity index (χ0) is 18.5. The van der Waals surface area contributed by atoms with Crippen LogP contribution >= 0.6 is 0 Å². The van der Waals surface area contributed by atoms with E-state index in [0.29, 0.717) is 19.6 Å². The lowest BCUT2D eigenvalue weighted by molar-refractivity contribution is -0.146. The molecular formula is C21H25N3O2. The topological polar surface area (TPSA) is 52.7 Å². The van der Waals surface area contributed by atoms with Crippen LogP contribution in [0.15, 0.2) is 48.5 Å². The molecule has 3 rings (SSSR count). The highest BCUT2D eigenvalue weighted by Crippen LogP contribution is 2.17. The summed E-state index contributed by atoms with van der Waals surface area (Å²) >= 11 is 0. The molecule has 2 aromatic rings. The van der Waals surface area contributed by atoms with E-state index in [-0.39, 0.29) is 0 Å². The molecule has 2 aromatic carbocycles. The van der Waals surface area contributed by atoms with Gasteiger partial charge >= 0.3 is 11.8 Å². The number of rotatable bonds is 3. The molecule has 5 nitrogen and oxygen atoms in total. The van der Waals surface area contributed by atoms with Crippen LogP contribution in [-0.2, 0) is 16.1 Å². The van der Waals surface area contributed by atoms with Crippen molar-refractivity contribution in [2.45, 2.75) is 20.4 Å². The van der Waals surface area contributed by atoms with Crippen LogP contribution < -0.4 is 10.2 Å². The first kappa shape index (κ1) is 18.0. The molecule has 1 N–H and O–H groups in total. The highest BCUT2D eigenvalue weighted by Gasteiger charge is 2.25. The molecule has 0 atom stereocenters.